The lowest BCUT2D eigenvalue weighted by Gasteiger charge is -2.20. The van der Waals surface area contributed by atoms with E-state index in [1.165, 1.54) is 25.7 Å². The summed E-state index contributed by atoms with van der Waals surface area (Å²) in [7, 11) is 0. The van der Waals surface area contributed by atoms with Crippen LogP contribution in [0.1, 0.15) is 65.2 Å². The van der Waals surface area contributed by atoms with Crippen molar-refractivity contribution in [3.63, 3.8) is 0 Å². The van der Waals surface area contributed by atoms with Gasteiger partial charge in [-0.05, 0) is 83.0 Å². The third kappa shape index (κ3) is 9.72. The average molecular weight is 417 g/mol. The molecule has 1 heterocycles. The Hall–Kier alpha value is -1.92. The van der Waals surface area contributed by atoms with Crippen LogP contribution in [0.3, 0.4) is 0 Å². The van der Waals surface area contributed by atoms with Gasteiger partial charge in [0, 0.05) is 17.8 Å². The number of rotatable bonds is 12. The van der Waals surface area contributed by atoms with Crippen molar-refractivity contribution in [3.8, 4) is 0 Å². The number of amides is 2. The molecule has 1 aliphatic heterocycles. The molecule has 2 amide bonds. The minimum atomic E-state index is 0.00677. The van der Waals surface area contributed by atoms with E-state index in [4.69, 9.17) is 0 Å². The summed E-state index contributed by atoms with van der Waals surface area (Å²) in [6.45, 7) is 9.95. The van der Waals surface area contributed by atoms with Crippen LogP contribution in [0.4, 0.5) is 11.4 Å². The second-order valence-electron chi connectivity index (χ2n) is 8.31. The van der Waals surface area contributed by atoms with Gasteiger partial charge in [0.1, 0.15) is 0 Å². The predicted octanol–water partition coefficient (Wildman–Crippen LogP) is 4.34. The van der Waals surface area contributed by atoms with Crippen LogP contribution in [0.25, 0.3) is 0 Å². The first kappa shape index (κ1) is 24.4. The van der Waals surface area contributed by atoms with E-state index < -0.39 is 0 Å². The van der Waals surface area contributed by atoms with E-state index in [1.807, 2.05) is 24.3 Å². The first-order chi connectivity index (χ1) is 14.6. The highest BCUT2D eigenvalue weighted by atomic mass is 16.2. The van der Waals surface area contributed by atoms with Crippen molar-refractivity contribution in [1.82, 2.24) is 9.80 Å². The van der Waals surface area contributed by atoms with Crippen LogP contribution >= 0.6 is 0 Å². The fraction of sp³-hybridized carbons (Fsp3) is 0.667. The molecule has 2 rings (SSSR count). The van der Waals surface area contributed by atoms with Crippen LogP contribution in [0.2, 0.25) is 0 Å². The molecule has 1 saturated heterocycles. The number of likely N-dealkylation sites (tertiary alicyclic amines) is 1. The van der Waals surface area contributed by atoms with E-state index in [2.05, 4.69) is 34.3 Å². The van der Waals surface area contributed by atoms with Gasteiger partial charge >= 0.3 is 0 Å². The van der Waals surface area contributed by atoms with Gasteiger partial charge in [0.2, 0.25) is 11.8 Å². The van der Waals surface area contributed by atoms with Crippen LogP contribution < -0.4 is 10.6 Å². The van der Waals surface area contributed by atoms with Crippen molar-refractivity contribution >= 4 is 23.2 Å². The number of anilines is 2. The Labute approximate surface area is 182 Å². The molecule has 2 N–H and O–H groups in total. The first-order valence-corrected chi connectivity index (χ1v) is 11.7. The summed E-state index contributed by atoms with van der Waals surface area (Å²) in [4.78, 5) is 29.4. The lowest BCUT2D eigenvalue weighted by Crippen LogP contribution is -2.33. The Kier molecular flexibility index (Phi) is 11.5. The summed E-state index contributed by atoms with van der Waals surface area (Å²) in [5.74, 6) is 0.0308. The van der Waals surface area contributed by atoms with Crippen molar-refractivity contribution in [2.24, 2.45) is 0 Å². The molecule has 0 atom stereocenters. The highest BCUT2D eigenvalue weighted by molar-refractivity contribution is 5.94. The molecule has 1 aromatic rings. The lowest BCUT2D eigenvalue weighted by atomic mass is 10.2. The van der Waals surface area contributed by atoms with E-state index in [-0.39, 0.29) is 11.8 Å². The molecular formula is C24H40N4O2. The van der Waals surface area contributed by atoms with E-state index in [0.29, 0.717) is 13.0 Å². The number of carbonyl (C=O) groups excluding carboxylic acids is 2. The smallest absolute Gasteiger partial charge is 0.238 e. The minimum Gasteiger partial charge on any atom is -0.326 e. The molecule has 0 spiro atoms. The standard InChI is InChI=1S/C24H40N4O2/c1-3-14-27(15-4-2)18-10-13-23(29)25-21-11-9-12-22(19-21)26-24(30)20-28-16-7-5-6-8-17-28/h9,11-12,19H,3-8,10,13-18,20H2,1-2H3,(H,25,29)(H,26,30). The Morgan fingerprint density at radius 2 is 1.50 bits per heavy atom. The molecule has 30 heavy (non-hydrogen) atoms. The van der Waals surface area contributed by atoms with Gasteiger partial charge in [-0.15, -0.1) is 0 Å². The third-order valence-electron chi connectivity index (χ3n) is 5.45. The molecule has 0 saturated carbocycles. The van der Waals surface area contributed by atoms with E-state index >= 15 is 0 Å². The van der Waals surface area contributed by atoms with Crippen molar-refractivity contribution < 1.29 is 9.59 Å². The normalized spacial score (nSPS) is 15.0. The third-order valence-corrected chi connectivity index (χ3v) is 5.45. The molecule has 0 aromatic heterocycles. The van der Waals surface area contributed by atoms with Crippen molar-refractivity contribution in [2.75, 3.05) is 49.9 Å². The van der Waals surface area contributed by atoms with Gasteiger partial charge in [-0.3, -0.25) is 14.5 Å². The largest absolute Gasteiger partial charge is 0.326 e. The molecule has 168 valence electrons. The number of benzene rings is 1. The second-order valence-corrected chi connectivity index (χ2v) is 8.31. The van der Waals surface area contributed by atoms with Gasteiger partial charge in [-0.25, -0.2) is 0 Å². The summed E-state index contributed by atoms with van der Waals surface area (Å²) in [5, 5.41) is 5.93. The Bertz CT molecular complexity index is 636. The molecule has 0 aliphatic carbocycles. The van der Waals surface area contributed by atoms with Crippen LogP contribution in [0.5, 0.6) is 0 Å². The maximum Gasteiger partial charge on any atom is 0.238 e. The van der Waals surface area contributed by atoms with Gasteiger partial charge in [-0.1, -0.05) is 32.8 Å². The average Bonchev–Trinajstić information content (AvgIpc) is 2.97. The minimum absolute atomic E-state index is 0.00677. The van der Waals surface area contributed by atoms with Crippen LogP contribution in [-0.2, 0) is 9.59 Å². The van der Waals surface area contributed by atoms with Gasteiger partial charge in [0.05, 0.1) is 6.54 Å². The monoisotopic (exact) mass is 416 g/mol. The summed E-state index contributed by atoms with van der Waals surface area (Å²) in [6.07, 6.45) is 8.51. The molecular weight excluding hydrogens is 376 g/mol. The van der Waals surface area contributed by atoms with E-state index in [0.717, 1.165) is 63.4 Å². The summed E-state index contributed by atoms with van der Waals surface area (Å²) < 4.78 is 0. The van der Waals surface area contributed by atoms with Crippen LogP contribution in [0, 0.1) is 0 Å². The second kappa shape index (κ2) is 14.1. The molecule has 6 nitrogen and oxygen atoms in total. The lowest BCUT2D eigenvalue weighted by molar-refractivity contribution is -0.117. The number of hydrogen-bond donors (Lipinski definition) is 2. The van der Waals surface area contributed by atoms with Crippen LogP contribution in [-0.4, -0.2) is 60.9 Å². The highest BCUT2D eigenvalue weighted by Crippen LogP contribution is 2.16. The number of carbonyl (C=O) groups is 2. The van der Waals surface area contributed by atoms with Crippen molar-refractivity contribution in [3.05, 3.63) is 24.3 Å². The molecule has 1 aliphatic rings. The van der Waals surface area contributed by atoms with Gasteiger partial charge < -0.3 is 15.5 Å². The van der Waals surface area contributed by atoms with E-state index in [9.17, 15) is 9.59 Å². The van der Waals surface area contributed by atoms with Crippen molar-refractivity contribution in [2.45, 2.75) is 65.2 Å². The summed E-state index contributed by atoms with van der Waals surface area (Å²) in [5.41, 5.74) is 1.45. The fourth-order valence-electron chi connectivity index (χ4n) is 4.03. The maximum atomic E-state index is 12.4. The molecule has 1 fully saturated rings. The van der Waals surface area contributed by atoms with Crippen molar-refractivity contribution in [1.29, 1.82) is 0 Å². The van der Waals surface area contributed by atoms with Gasteiger partial charge in [-0.2, -0.15) is 0 Å². The predicted molar refractivity (Wildman–Crippen MR) is 125 cm³/mol. The topological polar surface area (TPSA) is 64.7 Å². The highest BCUT2D eigenvalue weighted by Gasteiger charge is 2.13. The first-order valence-electron chi connectivity index (χ1n) is 11.7. The zero-order valence-electron chi connectivity index (χ0n) is 18.9. The number of hydrogen-bond acceptors (Lipinski definition) is 4. The zero-order valence-corrected chi connectivity index (χ0v) is 18.9. The SMILES string of the molecule is CCCN(CCC)CCCC(=O)Nc1cccc(NC(=O)CN2CCCCCC2)c1. The molecule has 1 aromatic carbocycles. The number of nitrogens with one attached hydrogen (secondary N) is 2. The molecule has 0 unspecified atom stereocenters. The Morgan fingerprint density at radius 1 is 0.900 bits per heavy atom. The fourth-order valence-corrected chi connectivity index (χ4v) is 4.03. The van der Waals surface area contributed by atoms with Gasteiger partial charge in [0.25, 0.3) is 0 Å². The molecule has 0 radical (unpaired) electrons. The molecule has 6 heteroatoms. The summed E-state index contributed by atoms with van der Waals surface area (Å²) in [6, 6.07) is 7.42. The Morgan fingerprint density at radius 3 is 2.10 bits per heavy atom. The quantitative estimate of drug-likeness (QED) is 0.532. The van der Waals surface area contributed by atoms with Gasteiger partial charge in [0.15, 0.2) is 0 Å². The number of nitrogens with zero attached hydrogens (tertiary/aromatic N) is 2. The Balaban J connectivity index is 1.75. The maximum absolute atomic E-state index is 12.4. The van der Waals surface area contributed by atoms with E-state index in [1.54, 1.807) is 0 Å². The molecule has 0 bridgehead atoms. The zero-order chi connectivity index (χ0) is 21.6. The summed E-state index contributed by atoms with van der Waals surface area (Å²) >= 11 is 0. The van der Waals surface area contributed by atoms with Crippen LogP contribution in [0.15, 0.2) is 24.3 Å².